The normalized spacial score (nSPS) is 13.3. The largest absolute Gasteiger partial charge is 0.328 e. The van der Waals surface area contributed by atoms with Gasteiger partial charge in [0, 0.05) is 12.6 Å². The third kappa shape index (κ3) is 1.63. The van der Waals surface area contributed by atoms with Crippen LogP contribution in [0.4, 0.5) is 0 Å². The summed E-state index contributed by atoms with van der Waals surface area (Å²) in [7, 11) is 0. The summed E-state index contributed by atoms with van der Waals surface area (Å²) in [5, 5.41) is 0. The molecule has 0 saturated heterocycles. The van der Waals surface area contributed by atoms with Gasteiger partial charge < -0.3 is 10.3 Å². The average Bonchev–Trinajstić information content (AvgIpc) is 2.61. The lowest BCUT2D eigenvalue weighted by Gasteiger charge is -2.12. The van der Waals surface area contributed by atoms with Gasteiger partial charge in [-0.25, -0.2) is 4.98 Å². The molecule has 80 valence electrons. The molecule has 0 spiro atoms. The fourth-order valence-electron chi connectivity index (χ4n) is 1.75. The van der Waals surface area contributed by atoms with E-state index < -0.39 is 0 Å². The Morgan fingerprint density at radius 2 is 2.00 bits per heavy atom. The molecule has 2 rings (SSSR count). The Bertz CT molecular complexity index is 485. The number of hydrogen-bond acceptors (Lipinski definition) is 2. The van der Waals surface area contributed by atoms with E-state index in [-0.39, 0.29) is 0 Å². The molecule has 1 heterocycles. The van der Waals surface area contributed by atoms with Crippen LogP contribution in [0.15, 0.2) is 18.5 Å². The van der Waals surface area contributed by atoms with E-state index in [1.54, 1.807) is 0 Å². The minimum Gasteiger partial charge on any atom is -0.328 e. The number of fused-ring (bicyclic) bond motifs is 1. The molecule has 1 atom stereocenters. The van der Waals surface area contributed by atoms with Gasteiger partial charge in [0.1, 0.15) is 0 Å². The van der Waals surface area contributed by atoms with Crippen LogP contribution in [-0.4, -0.2) is 16.1 Å². The molecule has 15 heavy (non-hydrogen) atoms. The van der Waals surface area contributed by atoms with Gasteiger partial charge in [0.25, 0.3) is 0 Å². The van der Waals surface area contributed by atoms with Gasteiger partial charge in [0.2, 0.25) is 0 Å². The van der Waals surface area contributed by atoms with Crippen molar-refractivity contribution in [2.75, 3.05) is 6.54 Å². The number of nitrogens with zero attached hydrogens (tertiary/aromatic N) is 2. The molecule has 0 fully saturated rings. The summed E-state index contributed by atoms with van der Waals surface area (Å²) in [6, 6.07) is 4.62. The van der Waals surface area contributed by atoms with Crippen LogP contribution >= 0.6 is 0 Å². The highest BCUT2D eigenvalue weighted by molar-refractivity contribution is 5.77. The third-order valence-electron chi connectivity index (χ3n) is 3.01. The van der Waals surface area contributed by atoms with Crippen molar-refractivity contribution >= 4 is 11.0 Å². The highest BCUT2D eigenvalue weighted by Gasteiger charge is 2.08. The Kier molecular flexibility index (Phi) is 2.49. The molecule has 0 saturated carbocycles. The number of aryl methyl sites for hydroxylation is 2. The lowest BCUT2D eigenvalue weighted by Crippen LogP contribution is -2.15. The maximum absolute atomic E-state index is 5.67. The van der Waals surface area contributed by atoms with Gasteiger partial charge >= 0.3 is 0 Å². The zero-order chi connectivity index (χ0) is 11.0. The third-order valence-corrected chi connectivity index (χ3v) is 3.01. The Balaban J connectivity index is 2.64. The second kappa shape index (κ2) is 3.66. The summed E-state index contributed by atoms with van der Waals surface area (Å²) in [4.78, 5) is 4.40. The van der Waals surface area contributed by atoms with Crippen LogP contribution in [0.25, 0.3) is 11.0 Å². The Morgan fingerprint density at radius 1 is 1.33 bits per heavy atom. The van der Waals surface area contributed by atoms with Crippen molar-refractivity contribution in [2.45, 2.75) is 26.8 Å². The molecule has 0 unspecified atom stereocenters. The van der Waals surface area contributed by atoms with E-state index in [2.05, 4.69) is 42.5 Å². The number of aromatic nitrogens is 2. The van der Waals surface area contributed by atoms with Crippen LogP contribution in [0, 0.1) is 13.8 Å². The van der Waals surface area contributed by atoms with Crippen molar-refractivity contribution in [3.8, 4) is 0 Å². The van der Waals surface area contributed by atoms with Crippen molar-refractivity contribution in [3.63, 3.8) is 0 Å². The smallest absolute Gasteiger partial charge is 0.0961 e. The SMILES string of the molecule is Cc1cc2ncn([C@@H](C)CN)c2cc1C. The standard InChI is InChI=1S/C12H17N3/c1-8-4-11-12(5-9(8)2)15(7-14-11)10(3)6-13/h4-5,7,10H,6,13H2,1-3H3/t10-/m0/s1. The number of benzene rings is 1. The van der Waals surface area contributed by atoms with Crippen molar-refractivity contribution in [3.05, 3.63) is 29.6 Å². The predicted octanol–water partition coefficient (Wildman–Crippen LogP) is 2.17. The molecule has 1 aromatic heterocycles. The second-order valence-electron chi connectivity index (χ2n) is 4.16. The first-order chi connectivity index (χ1) is 7.13. The first-order valence-electron chi connectivity index (χ1n) is 5.27. The van der Waals surface area contributed by atoms with Crippen LogP contribution < -0.4 is 5.73 Å². The molecule has 0 aliphatic heterocycles. The summed E-state index contributed by atoms with van der Waals surface area (Å²) >= 11 is 0. The summed E-state index contributed by atoms with van der Waals surface area (Å²) in [5.41, 5.74) is 10.5. The van der Waals surface area contributed by atoms with E-state index in [4.69, 9.17) is 5.73 Å². The van der Waals surface area contributed by atoms with Crippen LogP contribution in [-0.2, 0) is 0 Å². The zero-order valence-electron chi connectivity index (χ0n) is 9.49. The minimum absolute atomic E-state index is 0.303. The van der Waals surface area contributed by atoms with Crippen LogP contribution in [0.2, 0.25) is 0 Å². The quantitative estimate of drug-likeness (QED) is 0.813. The Morgan fingerprint density at radius 3 is 2.67 bits per heavy atom. The van der Waals surface area contributed by atoms with E-state index >= 15 is 0 Å². The zero-order valence-corrected chi connectivity index (χ0v) is 9.49. The fraction of sp³-hybridized carbons (Fsp3) is 0.417. The second-order valence-corrected chi connectivity index (χ2v) is 4.16. The number of rotatable bonds is 2. The Hall–Kier alpha value is -1.35. The number of imidazole rings is 1. The molecule has 0 aliphatic rings. The van der Waals surface area contributed by atoms with Crippen molar-refractivity contribution in [1.29, 1.82) is 0 Å². The summed E-state index contributed by atoms with van der Waals surface area (Å²) in [6.45, 7) is 6.98. The highest BCUT2D eigenvalue weighted by Crippen LogP contribution is 2.20. The molecule has 3 heteroatoms. The van der Waals surface area contributed by atoms with Gasteiger partial charge in [0.05, 0.1) is 17.4 Å². The van der Waals surface area contributed by atoms with Crippen LogP contribution in [0.1, 0.15) is 24.1 Å². The van der Waals surface area contributed by atoms with Crippen molar-refractivity contribution in [1.82, 2.24) is 9.55 Å². The molecule has 3 nitrogen and oxygen atoms in total. The van der Waals surface area contributed by atoms with Crippen LogP contribution in [0.5, 0.6) is 0 Å². The van der Waals surface area contributed by atoms with E-state index in [1.165, 1.54) is 16.6 Å². The van der Waals surface area contributed by atoms with E-state index in [0.29, 0.717) is 12.6 Å². The molecule has 0 bridgehead atoms. The van der Waals surface area contributed by atoms with E-state index in [0.717, 1.165) is 5.52 Å². The molecule has 0 amide bonds. The van der Waals surface area contributed by atoms with Gasteiger partial charge in [0.15, 0.2) is 0 Å². The van der Waals surface area contributed by atoms with Gasteiger partial charge in [-0.15, -0.1) is 0 Å². The summed E-state index contributed by atoms with van der Waals surface area (Å²) in [5.74, 6) is 0. The topological polar surface area (TPSA) is 43.8 Å². The van der Waals surface area contributed by atoms with Gasteiger partial charge in [-0.3, -0.25) is 0 Å². The molecule has 2 N–H and O–H groups in total. The lowest BCUT2D eigenvalue weighted by molar-refractivity contribution is 0.573. The van der Waals surface area contributed by atoms with E-state index in [9.17, 15) is 0 Å². The summed E-state index contributed by atoms with van der Waals surface area (Å²) < 4.78 is 2.14. The molecule has 0 aliphatic carbocycles. The van der Waals surface area contributed by atoms with Crippen LogP contribution in [0.3, 0.4) is 0 Å². The van der Waals surface area contributed by atoms with Gasteiger partial charge in [-0.2, -0.15) is 0 Å². The molecular weight excluding hydrogens is 186 g/mol. The lowest BCUT2D eigenvalue weighted by atomic mass is 10.1. The molecule has 0 radical (unpaired) electrons. The summed E-state index contributed by atoms with van der Waals surface area (Å²) in [6.07, 6.45) is 1.88. The fourth-order valence-corrected chi connectivity index (χ4v) is 1.75. The maximum atomic E-state index is 5.67. The average molecular weight is 203 g/mol. The van der Waals surface area contributed by atoms with Crippen molar-refractivity contribution in [2.24, 2.45) is 5.73 Å². The number of nitrogens with two attached hydrogens (primary N) is 1. The first-order valence-corrected chi connectivity index (χ1v) is 5.27. The minimum atomic E-state index is 0.303. The predicted molar refractivity (Wildman–Crippen MR) is 63.0 cm³/mol. The number of hydrogen-bond donors (Lipinski definition) is 1. The highest BCUT2D eigenvalue weighted by atomic mass is 15.1. The maximum Gasteiger partial charge on any atom is 0.0961 e. The van der Waals surface area contributed by atoms with Crippen molar-refractivity contribution < 1.29 is 0 Å². The van der Waals surface area contributed by atoms with Gasteiger partial charge in [-0.1, -0.05) is 0 Å². The molecular formula is C12H17N3. The Labute approximate surface area is 89.9 Å². The first kappa shape index (κ1) is 10.2. The molecule has 1 aromatic carbocycles. The van der Waals surface area contributed by atoms with E-state index in [1.807, 2.05) is 6.33 Å². The monoisotopic (exact) mass is 203 g/mol. The van der Waals surface area contributed by atoms with Gasteiger partial charge in [-0.05, 0) is 44.0 Å². The molecule has 2 aromatic rings.